The van der Waals surface area contributed by atoms with Gasteiger partial charge in [-0.1, -0.05) is 60.7 Å². The van der Waals surface area contributed by atoms with Crippen molar-refractivity contribution in [2.24, 2.45) is 5.92 Å². The lowest BCUT2D eigenvalue weighted by molar-refractivity contribution is -0.119. The summed E-state index contributed by atoms with van der Waals surface area (Å²) in [6, 6.07) is 22.6. The average molecular weight is 401 g/mol. The molecular weight excluding hydrogens is 376 g/mol. The fourth-order valence-corrected chi connectivity index (χ4v) is 5.28. The lowest BCUT2D eigenvalue weighted by Gasteiger charge is -2.17. The lowest BCUT2D eigenvalue weighted by Crippen LogP contribution is -2.26. The molecule has 146 valence electrons. The topological polar surface area (TPSA) is 52.9 Å². The molecule has 0 saturated carbocycles. The number of hydrogen-bond acceptors (Lipinski definition) is 3. The monoisotopic (exact) mass is 400 g/mol. The van der Waals surface area contributed by atoms with Crippen LogP contribution in [0.2, 0.25) is 0 Å². The van der Waals surface area contributed by atoms with Gasteiger partial charge in [-0.2, -0.15) is 5.26 Å². The number of carbonyl (C=O) groups is 1. The number of rotatable bonds is 6. The molecule has 29 heavy (non-hydrogen) atoms. The fourth-order valence-electron chi connectivity index (χ4n) is 4.04. The SMILES string of the molecule is N#Cc1c(NC(=O)C(Cc2ccccc2)Cc2ccccc2)sc2c1CCCC2. The second-order valence-electron chi connectivity index (χ2n) is 7.59. The predicted molar refractivity (Wildman–Crippen MR) is 118 cm³/mol. The van der Waals surface area contributed by atoms with Gasteiger partial charge in [0.15, 0.2) is 0 Å². The molecule has 0 saturated heterocycles. The van der Waals surface area contributed by atoms with Gasteiger partial charge >= 0.3 is 0 Å². The van der Waals surface area contributed by atoms with Gasteiger partial charge in [0.2, 0.25) is 5.91 Å². The zero-order valence-electron chi connectivity index (χ0n) is 16.4. The van der Waals surface area contributed by atoms with E-state index in [9.17, 15) is 10.1 Å². The van der Waals surface area contributed by atoms with Crippen LogP contribution in [0.25, 0.3) is 0 Å². The molecule has 1 aliphatic rings. The number of nitrogens with one attached hydrogen (secondary N) is 1. The van der Waals surface area contributed by atoms with Crippen molar-refractivity contribution in [3.8, 4) is 6.07 Å². The van der Waals surface area contributed by atoms with E-state index >= 15 is 0 Å². The summed E-state index contributed by atoms with van der Waals surface area (Å²) >= 11 is 1.59. The van der Waals surface area contributed by atoms with Gasteiger partial charge in [0.05, 0.1) is 5.56 Å². The maximum absolute atomic E-state index is 13.3. The standard InChI is InChI=1S/C25H24N2OS/c26-17-22-21-13-7-8-14-23(21)29-25(22)27-24(28)20(15-18-9-3-1-4-10-18)16-19-11-5-2-6-12-19/h1-6,9-12,20H,7-8,13-16H2,(H,27,28). The third-order valence-corrected chi connectivity index (χ3v) is 6.75. The number of benzene rings is 2. The van der Waals surface area contributed by atoms with Crippen molar-refractivity contribution >= 4 is 22.2 Å². The van der Waals surface area contributed by atoms with Crippen LogP contribution in [0.5, 0.6) is 0 Å². The summed E-state index contributed by atoms with van der Waals surface area (Å²) in [5.74, 6) is -0.196. The molecule has 3 aromatic rings. The summed E-state index contributed by atoms with van der Waals surface area (Å²) in [5, 5.41) is 13.5. The third-order valence-electron chi connectivity index (χ3n) is 5.54. The number of amides is 1. The van der Waals surface area contributed by atoms with Crippen LogP contribution in [-0.4, -0.2) is 5.91 Å². The van der Waals surface area contributed by atoms with Crippen LogP contribution in [0, 0.1) is 17.2 Å². The summed E-state index contributed by atoms with van der Waals surface area (Å²) in [4.78, 5) is 14.6. The Hall–Kier alpha value is -2.90. The number of fused-ring (bicyclic) bond motifs is 1. The summed E-state index contributed by atoms with van der Waals surface area (Å²) < 4.78 is 0. The highest BCUT2D eigenvalue weighted by atomic mass is 32.1. The summed E-state index contributed by atoms with van der Waals surface area (Å²) in [6.45, 7) is 0. The van der Waals surface area contributed by atoms with Crippen LogP contribution < -0.4 is 5.32 Å². The maximum atomic E-state index is 13.3. The van der Waals surface area contributed by atoms with E-state index in [2.05, 4.69) is 35.7 Å². The van der Waals surface area contributed by atoms with Crippen LogP contribution in [-0.2, 0) is 30.5 Å². The van der Waals surface area contributed by atoms with Crippen molar-refractivity contribution in [2.45, 2.75) is 38.5 Å². The van der Waals surface area contributed by atoms with E-state index in [0.29, 0.717) is 18.4 Å². The number of anilines is 1. The van der Waals surface area contributed by atoms with E-state index in [-0.39, 0.29) is 11.8 Å². The first kappa shape index (κ1) is 19.4. The van der Waals surface area contributed by atoms with Gasteiger partial charge in [0.25, 0.3) is 0 Å². The largest absolute Gasteiger partial charge is 0.316 e. The Kier molecular flexibility index (Phi) is 6.07. The van der Waals surface area contributed by atoms with Crippen LogP contribution in [0.4, 0.5) is 5.00 Å². The number of aryl methyl sites for hydroxylation is 1. The van der Waals surface area contributed by atoms with Gasteiger partial charge in [-0.3, -0.25) is 4.79 Å². The molecule has 1 amide bonds. The third kappa shape index (κ3) is 4.58. The summed E-state index contributed by atoms with van der Waals surface area (Å²) in [6.07, 6.45) is 5.60. The van der Waals surface area contributed by atoms with Crippen molar-refractivity contribution in [3.05, 3.63) is 87.8 Å². The second kappa shape index (κ2) is 9.07. The molecule has 0 bridgehead atoms. The molecule has 0 fully saturated rings. The molecule has 0 radical (unpaired) electrons. The highest BCUT2D eigenvalue weighted by molar-refractivity contribution is 7.16. The number of nitrogens with zero attached hydrogens (tertiary/aromatic N) is 1. The average Bonchev–Trinajstić information content (AvgIpc) is 3.11. The zero-order chi connectivity index (χ0) is 20.1. The van der Waals surface area contributed by atoms with Crippen LogP contribution >= 0.6 is 11.3 Å². The quantitative estimate of drug-likeness (QED) is 0.591. The van der Waals surface area contributed by atoms with Crippen molar-refractivity contribution in [2.75, 3.05) is 5.32 Å². The van der Waals surface area contributed by atoms with Gasteiger partial charge < -0.3 is 5.32 Å². The molecular formula is C25H24N2OS. The van der Waals surface area contributed by atoms with Gasteiger partial charge in [-0.15, -0.1) is 11.3 Å². The molecule has 4 rings (SSSR count). The first-order valence-electron chi connectivity index (χ1n) is 10.2. The minimum atomic E-state index is -0.189. The van der Waals surface area contributed by atoms with Gasteiger partial charge in [0, 0.05) is 10.8 Å². The molecule has 1 aliphatic carbocycles. The van der Waals surface area contributed by atoms with E-state index in [1.807, 2.05) is 36.4 Å². The van der Waals surface area contributed by atoms with Crippen LogP contribution in [0.1, 0.15) is 40.0 Å². The van der Waals surface area contributed by atoms with Crippen molar-refractivity contribution < 1.29 is 4.79 Å². The van der Waals surface area contributed by atoms with E-state index < -0.39 is 0 Å². The summed E-state index contributed by atoms with van der Waals surface area (Å²) in [5.41, 5.74) is 4.13. The van der Waals surface area contributed by atoms with Gasteiger partial charge in [0.1, 0.15) is 11.1 Å². The Labute approximate surface area is 176 Å². The minimum Gasteiger partial charge on any atom is -0.316 e. The first-order chi connectivity index (χ1) is 14.2. The Morgan fingerprint density at radius 2 is 1.55 bits per heavy atom. The smallest absolute Gasteiger partial charge is 0.228 e. The second-order valence-corrected chi connectivity index (χ2v) is 8.70. The van der Waals surface area contributed by atoms with Crippen LogP contribution in [0.15, 0.2) is 60.7 Å². The van der Waals surface area contributed by atoms with Gasteiger partial charge in [-0.25, -0.2) is 0 Å². The normalized spacial score (nSPS) is 13.0. The number of thiophene rings is 1. The molecule has 4 heteroatoms. The Morgan fingerprint density at radius 3 is 2.14 bits per heavy atom. The highest BCUT2D eigenvalue weighted by Crippen LogP contribution is 2.38. The lowest BCUT2D eigenvalue weighted by atomic mass is 9.91. The van der Waals surface area contributed by atoms with E-state index in [1.165, 1.54) is 4.88 Å². The molecule has 1 aromatic heterocycles. The molecule has 0 unspecified atom stereocenters. The fraction of sp³-hybridized carbons (Fsp3) is 0.280. The van der Waals surface area contributed by atoms with Crippen molar-refractivity contribution in [1.29, 1.82) is 5.26 Å². The number of hydrogen-bond donors (Lipinski definition) is 1. The highest BCUT2D eigenvalue weighted by Gasteiger charge is 2.25. The zero-order valence-corrected chi connectivity index (χ0v) is 17.2. The molecule has 0 aliphatic heterocycles. The minimum absolute atomic E-state index is 0.00666. The molecule has 1 heterocycles. The summed E-state index contributed by atoms with van der Waals surface area (Å²) in [7, 11) is 0. The van der Waals surface area contributed by atoms with E-state index in [0.717, 1.165) is 47.4 Å². The molecule has 2 aromatic carbocycles. The van der Waals surface area contributed by atoms with Crippen molar-refractivity contribution in [1.82, 2.24) is 0 Å². The molecule has 1 N–H and O–H groups in total. The first-order valence-corrected chi connectivity index (χ1v) is 11.0. The van der Waals surface area contributed by atoms with E-state index in [4.69, 9.17) is 0 Å². The van der Waals surface area contributed by atoms with Crippen molar-refractivity contribution in [3.63, 3.8) is 0 Å². The van der Waals surface area contributed by atoms with E-state index in [1.54, 1.807) is 11.3 Å². The Bertz CT molecular complexity index is 977. The number of nitriles is 1. The Morgan fingerprint density at radius 1 is 0.966 bits per heavy atom. The Balaban J connectivity index is 1.58. The van der Waals surface area contributed by atoms with Crippen LogP contribution in [0.3, 0.4) is 0 Å². The predicted octanol–water partition coefficient (Wildman–Crippen LogP) is 5.54. The van der Waals surface area contributed by atoms with Gasteiger partial charge in [-0.05, 0) is 55.2 Å². The molecule has 0 atom stereocenters. The molecule has 3 nitrogen and oxygen atoms in total. The molecule has 0 spiro atoms. The maximum Gasteiger partial charge on any atom is 0.228 e. The number of carbonyl (C=O) groups excluding carboxylic acids is 1.